The molecule has 2 fully saturated rings. The van der Waals surface area contributed by atoms with E-state index in [-0.39, 0.29) is 67.2 Å². The fraction of sp³-hybridized carbons (Fsp3) is 0.696. The molecule has 7 atom stereocenters. The van der Waals surface area contributed by atoms with Crippen LogP contribution in [0.4, 0.5) is 0 Å². The van der Waals surface area contributed by atoms with Crippen molar-refractivity contribution in [3.63, 3.8) is 0 Å². The summed E-state index contributed by atoms with van der Waals surface area (Å²) >= 11 is 0. The predicted octanol–water partition coefficient (Wildman–Crippen LogP) is 2.63. The van der Waals surface area contributed by atoms with Crippen LogP contribution in [0.1, 0.15) is 110 Å². The molecule has 0 radical (unpaired) electrons. The van der Waals surface area contributed by atoms with Crippen LogP contribution < -0.4 is 32.3 Å². The zero-order valence-corrected chi connectivity index (χ0v) is 39.8. The summed E-state index contributed by atoms with van der Waals surface area (Å²) in [6, 6.07) is 5.40. The van der Waals surface area contributed by atoms with E-state index in [1.807, 2.05) is 51.1 Å². The highest BCUT2D eigenvalue weighted by Crippen LogP contribution is 2.29. The first kappa shape index (κ1) is 54.5. The molecule has 0 aromatic heterocycles. The Morgan fingerprint density at radius 2 is 1.61 bits per heavy atom. The molecule has 1 aromatic rings. The molecule has 64 heavy (non-hydrogen) atoms. The Labute approximate surface area is 387 Å². The van der Waals surface area contributed by atoms with Gasteiger partial charge in [0.15, 0.2) is 17.3 Å². The van der Waals surface area contributed by atoms with Crippen molar-refractivity contribution in [3.05, 3.63) is 35.9 Å². The second kappa shape index (κ2) is 29.6. The first-order valence-electron chi connectivity index (χ1n) is 23.1. The number of aliphatic hydroxyl groups is 1. The molecule has 5 amide bonds. The molecule has 358 valence electrons. The van der Waals surface area contributed by atoms with E-state index in [2.05, 4.69) is 26.6 Å². The SMILES string of the molecule is CCCC[C@@H](NC(=O)[C@@H]1CCCN1C(=O)CCC(=O)[C@H](CCCCN)NC(=O)[C@@H]1CSSC[C@H](NC)C(=O)C[C@@H](CC(C)C)C(=O)N[C@@H](CO)C(=O)C1)C(=O)NCCc1ccccc1. The molecule has 2 aliphatic heterocycles. The van der Waals surface area contributed by atoms with Crippen molar-refractivity contribution >= 4 is 68.5 Å². The number of Topliss-reactive ketones (excluding diaryl/α,β-unsaturated/α-hetero) is 3. The molecule has 0 spiro atoms. The maximum Gasteiger partial charge on any atom is 0.243 e. The third-order valence-corrected chi connectivity index (χ3v) is 14.2. The Morgan fingerprint density at radius 1 is 0.906 bits per heavy atom. The first-order chi connectivity index (χ1) is 30.7. The Hall–Kier alpha value is -3.84. The highest BCUT2D eigenvalue weighted by atomic mass is 33.1. The van der Waals surface area contributed by atoms with Crippen molar-refractivity contribution in [2.45, 2.75) is 141 Å². The van der Waals surface area contributed by atoms with E-state index in [0.717, 1.165) is 18.4 Å². The van der Waals surface area contributed by atoms with Crippen LogP contribution in [0.2, 0.25) is 0 Å². The topological polar surface area (TPSA) is 246 Å². The van der Waals surface area contributed by atoms with Crippen LogP contribution in [0.15, 0.2) is 30.3 Å². The number of likely N-dealkylation sites (tertiary alicyclic amines) is 1. The number of nitrogens with one attached hydrogen (secondary N) is 5. The largest absolute Gasteiger partial charge is 0.394 e. The predicted molar refractivity (Wildman–Crippen MR) is 251 cm³/mol. The van der Waals surface area contributed by atoms with Crippen LogP contribution >= 0.6 is 21.6 Å². The van der Waals surface area contributed by atoms with E-state index < -0.39 is 72.2 Å². The van der Waals surface area contributed by atoms with Crippen molar-refractivity contribution in [1.82, 2.24) is 31.5 Å². The summed E-state index contributed by atoms with van der Waals surface area (Å²) in [4.78, 5) is 110. The van der Waals surface area contributed by atoms with E-state index in [9.17, 15) is 43.5 Å². The molecular formula is C46H73N7O9S2. The quantitative estimate of drug-likeness (QED) is 0.0618. The molecule has 16 nitrogen and oxygen atoms in total. The van der Waals surface area contributed by atoms with Gasteiger partial charge < -0.3 is 42.3 Å². The van der Waals surface area contributed by atoms with Crippen LogP contribution in [-0.2, 0) is 44.8 Å². The zero-order valence-electron chi connectivity index (χ0n) is 38.2. The van der Waals surface area contributed by atoms with E-state index >= 15 is 0 Å². The lowest BCUT2D eigenvalue weighted by molar-refractivity contribution is -0.140. The molecule has 0 bridgehead atoms. The first-order valence-corrected chi connectivity index (χ1v) is 25.5. The number of likely N-dealkylation sites (N-methyl/N-ethyl adjacent to an activating group) is 1. The highest BCUT2D eigenvalue weighted by molar-refractivity contribution is 8.76. The van der Waals surface area contributed by atoms with Crippen LogP contribution in [0.5, 0.6) is 0 Å². The maximum atomic E-state index is 14.0. The van der Waals surface area contributed by atoms with Gasteiger partial charge in [-0.05, 0) is 76.4 Å². The van der Waals surface area contributed by atoms with E-state index in [1.165, 1.54) is 26.5 Å². The van der Waals surface area contributed by atoms with E-state index in [0.29, 0.717) is 70.3 Å². The van der Waals surface area contributed by atoms with Crippen LogP contribution in [0.3, 0.4) is 0 Å². The van der Waals surface area contributed by atoms with Crippen molar-refractivity contribution < 1.29 is 43.5 Å². The van der Waals surface area contributed by atoms with Crippen molar-refractivity contribution in [1.29, 1.82) is 0 Å². The number of carbonyl (C=O) groups excluding carboxylic acids is 8. The Kier molecular flexibility index (Phi) is 25.2. The smallest absolute Gasteiger partial charge is 0.243 e. The Morgan fingerprint density at radius 3 is 2.28 bits per heavy atom. The average Bonchev–Trinajstić information content (AvgIpc) is 3.78. The highest BCUT2D eigenvalue weighted by Gasteiger charge is 2.37. The monoisotopic (exact) mass is 931 g/mol. The summed E-state index contributed by atoms with van der Waals surface area (Å²) in [7, 11) is 4.34. The van der Waals surface area contributed by atoms with Crippen molar-refractivity contribution in [2.75, 3.05) is 44.8 Å². The zero-order chi connectivity index (χ0) is 47.0. The van der Waals surface area contributed by atoms with Gasteiger partial charge in [-0.25, -0.2) is 0 Å². The van der Waals surface area contributed by atoms with Gasteiger partial charge in [-0.15, -0.1) is 0 Å². The number of ketones is 3. The standard InChI is InChI=1S/C46H73N7O9S2/c1-5-6-15-35(45(61)49-22-20-31-13-8-7-9-14-31)51-46(62)38-17-12-23-53(38)42(58)19-18-39(55)34(16-10-11-21-47)50-44(60)33-26-40(56)36(27-54)52-43(59)32(24-30(2)3)25-41(57)37(48-4)29-64-63-28-33/h7-9,13-14,30,32-38,48,54H,5-6,10-12,15-29,47H2,1-4H3,(H,49,61)(H,50,60)(H,51,62)(H,52,59)/t32-,33+,34+,35-,36+,37+,38+/m1/s1. The Bertz CT molecular complexity index is 1690. The number of unbranched alkanes of at least 4 members (excludes halogenated alkanes) is 2. The summed E-state index contributed by atoms with van der Waals surface area (Å²) in [5.74, 6) is -4.31. The molecule has 0 unspecified atom stereocenters. The summed E-state index contributed by atoms with van der Waals surface area (Å²) in [5.41, 5.74) is 6.83. The number of nitrogens with zero attached hydrogens (tertiary/aromatic N) is 1. The third-order valence-electron chi connectivity index (χ3n) is 11.8. The third kappa shape index (κ3) is 18.6. The van der Waals surface area contributed by atoms with Crippen molar-refractivity contribution in [2.24, 2.45) is 23.5 Å². The number of hydrogen-bond donors (Lipinski definition) is 7. The van der Waals surface area contributed by atoms with Gasteiger partial charge >= 0.3 is 0 Å². The second-order valence-corrected chi connectivity index (χ2v) is 19.9. The Balaban J connectivity index is 1.68. The van der Waals surface area contributed by atoms with Gasteiger partial charge in [-0.1, -0.05) is 85.5 Å². The van der Waals surface area contributed by atoms with Gasteiger partial charge in [0, 0.05) is 56.2 Å². The van der Waals surface area contributed by atoms with Gasteiger partial charge in [0.2, 0.25) is 29.5 Å². The minimum Gasteiger partial charge on any atom is -0.394 e. The van der Waals surface area contributed by atoms with Gasteiger partial charge in [-0.3, -0.25) is 38.4 Å². The number of benzene rings is 1. The second-order valence-electron chi connectivity index (χ2n) is 17.3. The van der Waals surface area contributed by atoms with Crippen LogP contribution in [0.25, 0.3) is 0 Å². The summed E-state index contributed by atoms with van der Waals surface area (Å²) < 4.78 is 0. The van der Waals surface area contributed by atoms with Gasteiger partial charge in [0.1, 0.15) is 18.1 Å². The lowest BCUT2D eigenvalue weighted by atomic mass is 9.89. The molecule has 3 rings (SSSR count). The molecule has 0 saturated carbocycles. The summed E-state index contributed by atoms with van der Waals surface area (Å²) in [6.45, 7) is 6.28. The lowest BCUT2D eigenvalue weighted by Crippen LogP contribution is -2.53. The van der Waals surface area contributed by atoms with Gasteiger partial charge in [-0.2, -0.15) is 0 Å². The number of rotatable bonds is 23. The van der Waals surface area contributed by atoms with Gasteiger partial charge in [0.05, 0.1) is 24.6 Å². The molecule has 2 saturated heterocycles. The summed E-state index contributed by atoms with van der Waals surface area (Å²) in [6.07, 6.45) is 4.68. The molecule has 2 aliphatic rings. The van der Waals surface area contributed by atoms with E-state index in [4.69, 9.17) is 5.73 Å². The molecule has 18 heteroatoms. The molecule has 8 N–H and O–H groups in total. The molecule has 0 aliphatic carbocycles. The fourth-order valence-corrected chi connectivity index (χ4v) is 10.6. The minimum absolute atomic E-state index is 0.0208. The number of hydrogen-bond acceptors (Lipinski definition) is 13. The molecule has 2 heterocycles. The number of carbonyl (C=O) groups is 8. The number of amides is 5. The molecule has 1 aromatic carbocycles. The number of aliphatic hydroxyl groups excluding tert-OH is 1. The molecular weight excluding hydrogens is 859 g/mol. The normalized spacial score (nSPS) is 22.3. The van der Waals surface area contributed by atoms with Gasteiger partial charge in [0.25, 0.3) is 0 Å². The minimum atomic E-state index is -1.29. The average molecular weight is 932 g/mol. The van der Waals surface area contributed by atoms with Crippen molar-refractivity contribution in [3.8, 4) is 0 Å². The van der Waals surface area contributed by atoms with Crippen LogP contribution in [-0.4, -0.2) is 132 Å². The maximum absolute atomic E-state index is 14.0. The fourth-order valence-electron chi connectivity index (χ4n) is 7.98. The van der Waals surface area contributed by atoms with E-state index in [1.54, 1.807) is 7.05 Å². The van der Waals surface area contributed by atoms with Crippen LogP contribution in [0, 0.1) is 17.8 Å². The lowest BCUT2D eigenvalue weighted by Gasteiger charge is -2.27. The summed E-state index contributed by atoms with van der Waals surface area (Å²) in [5, 5.41) is 24.5. The number of nitrogens with two attached hydrogens (primary N) is 1.